The minimum Gasteiger partial charge on any atom is -0.348 e. The molecule has 3 heterocycles. The van der Waals surface area contributed by atoms with Crippen LogP contribution in [0.25, 0.3) is 5.65 Å². The lowest BCUT2D eigenvalue weighted by molar-refractivity contribution is 0.469. The number of aromatic nitrogens is 3. The fourth-order valence-electron chi connectivity index (χ4n) is 1.49. The normalized spacial score (nSPS) is 16.6. The predicted octanol–water partition coefficient (Wildman–Crippen LogP) is 0.252. The summed E-state index contributed by atoms with van der Waals surface area (Å²) in [5.74, 6) is 0.233. The number of anilines is 1. The van der Waals surface area contributed by atoms with Crippen LogP contribution in [-0.2, 0) is 0 Å². The third-order valence-corrected chi connectivity index (χ3v) is 2.41. The van der Waals surface area contributed by atoms with Crippen LogP contribution in [0.5, 0.6) is 0 Å². The Kier molecular flexibility index (Phi) is 1.81. The van der Waals surface area contributed by atoms with E-state index in [0.29, 0.717) is 17.6 Å². The second-order valence-corrected chi connectivity index (χ2v) is 3.59. The van der Waals surface area contributed by atoms with Crippen molar-refractivity contribution in [1.82, 2.24) is 19.9 Å². The summed E-state index contributed by atoms with van der Waals surface area (Å²) in [6.07, 6.45) is 1.31. The number of pyridine rings is 1. The molecule has 5 nitrogen and oxygen atoms in total. The van der Waals surface area contributed by atoms with Crippen molar-refractivity contribution in [2.45, 2.75) is 6.04 Å². The average molecular weight is 207 g/mol. The zero-order valence-corrected chi connectivity index (χ0v) is 7.94. The van der Waals surface area contributed by atoms with Crippen molar-refractivity contribution >= 4 is 11.6 Å². The number of hydrogen-bond donors (Lipinski definition) is 2. The van der Waals surface area contributed by atoms with E-state index in [2.05, 4.69) is 20.7 Å². The molecule has 0 amide bonds. The quantitative estimate of drug-likeness (QED) is 0.741. The number of nitrogens with one attached hydrogen (secondary N) is 2. The summed E-state index contributed by atoms with van der Waals surface area (Å²) in [7, 11) is 0. The Balaban J connectivity index is 1.91. The Hall–Kier alpha value is -1.69. The van der Waals surface area contributed by atoms with Gasteiger partial charge in [-0.25, -0.2) is 8.91 Å². The fourth-order valence-corrected chi connectivity index (χ4v) is 1.49. The molecule has 2 aromatic heterocycles. The molecule has 1 fully saturated rings. The van der Waals surface area contributed by atoms with E-state index in [1.807, 2.05) is 0 Å². The van der Waals surface area contributed by atoms with E-state index in [9.17, 15) is 4.39 Å². The van der Waals surface area contributed by atoms with Gasteiger partial charge in [-0.15, -0.1) is 5.10 Å². The van der Waals surface area contributed by atoms with Gasteiger partial charge in [0.25, 0.3) is 0 Å². The highest BCUT2D eigenvalue weighted by atomic mass is 19.1. The zero-order chi connectivity index (χ0) is 10.3. The van der Waals surface area contributed by atoms with E-state index in [1.165, 1.54) is 16.8 Å². The van der Waals surface area contributed by atoms with Crippen molar-refractivity contribution in [3.05, 3.63) is 24.1 Å². The third kappa shape index (κ3) is 1.52. The first-order valence-electron chi connectivity index (χ1n) is 4.80. The van der Waals surface area contributed by atoms with Crippen LogP contribution in [0.1, 0.15) is 0 Å². The first-order valence-corrected chi connectivity index (χ1v) is 4.80. The smallest absolute Gasteiger partial charge is 0.243 e. The van der Waals surface area contributed by atoms with Crippen LogP contribution in [-0.4, -0.2) is 33.7 Å². The highest BCUT2D eigenvalue weighted by Crippen LogP contribution is 2.08. The summed E-state index contributed by atoms with van der Waals surface area (Å²) in [5, 5.41) is 10.4. The maximum atomic E-state index is 12.9. The second-order valence-electron chi connectivity index (χ2n) is 3.59. The molecule has 2 N–H and O–H groups in total. The summed E-state index contributed by atoms with van der Waals surface area (Å²) in [4.78, 5) is 4.22. The minimum absolute atomic E-state index is 0.315. The number of halogens is 1. The molecule has 0 spiro atoms. The third-order valence-electron chi connectivity index (χ3n) is 2.41. The molecular formula is C9H10FN5. The average Bonchev–Trinajstić information content (AvgIpc) is 2.53. The fraction of sp³-hybridized carbons (Fsp3) is 0.333. The molecule has 3 rings (SSSR count). The number of nitrogens with zero attached hydrogens (tertiary/aromatic N) is 3. The van der Waals surface area contributed by atoms with Gasteiger partial charge in [0, 0.05) is 13.1 Å². The predicted molar refractivity (Wildman–Crippen MR) is 53.2 cm³/mol. The van der Waals surface area contributed by atoms with Crippen LogP contribution in [0.15, 0.2) is 18.3 Å². The van der Waals surface area contributed by atoms with E-state index in [0.717, 1.165) is 13.1 Å². The summed E-state index contributed by atoms with van der Waals surface area (Å²) < 4.78 is 14.3. The molecule has 0 aliphatic carbocycles. The van der Waals surface area contributed by atoms with Gasteiger partial charge in [-0.2, -0.15) is 4.98 Å². The lowest BCUT2D eigenvalue weighted by Gasteiger charge is -2.27. The van der Waals surface area contributed by atoms with Crippen molar-refractivity contribution in [2.75, 3.05) is 18.4 Å². The van der Waals surface area contributed by atoms with Crippen LogP contribution in [0.3, 0.4) is 0 Å². The molecule has 2 aromatic rings. The van der Waals surface area contributed by atoms with E-state index < -0.39 is 0 Å². The second kappa shape index (κ2) is 3.16. The Morgan fingerprint density at radius 2 is 2.33 bits per heavy atom. The van der Waals surface area contributed by atoms with E-state index in [1.54, 1.807) is 6.07 Å². The Morgan fingerprint density at radius 1 is 1.47 bits per heavy atom. The topological polar surface area (TPSA) is 54.2 Å². The number of rotatable bonds is 2. The molecule has 0 unspecified atom stereocenters. The van der Waals surface area contributed by atoms with Crippen molar-refractivity contribution in [1.29, 1.82) is 0 Å². The molecule has 1 aliphatic rings. The van der Waals surface area contributed by atoms with E-state index >= 15 is 0 Å². The van der Waals surface area contributed by atoms with Gasteiger partial charge in [0.1, 0.15) is 5.82 Å². The first-order chi connectivity index (χ1) is 7.31. The maximum absolute atomic E-state index is 12.9. The number of fused-ring (bicyclic) bond motifs is 1. The van der Waals surface area contributed by atoms with Crippen LogP contribution < -0.4 is 10.6 Å². The Morgan fingerprint density at radius 3 is 3.07 bits per heavy atom. The minimum atomic E-state index is -0.315. The summed E-state index contributed by atoms with van der Waals surface area (Å²) in [6.45, 7) is 1.84. The lowest BCUT2D eigenvalue weighted by atomic mass is 10.2. The summed E-state index contributed by atoms with van der Waals surface area (Å²) in [6, 6.07) is 3.36. The molecule has 0 atom stereocenters. The van der Waals surface area contributed by atoms with Gasteiger partial charge >= 0.3 is 0 Å². The van der Waals surface area contributed by atoms with Gasteiger partial charge in [-0.1, -0.05) is 0 Å². The molecule has 0 bridgehead atoms. The molecular weight excluding hydrogens is 197 g/mol. The first kappa shape index (κ1) is 8.60. The largest absolute Gasteiger partial charge is 0.348 e. The van der Waals surface area contributed by atoms with E-state index in [-0.39, 0.29) is 5.82 Å². The Bertz CT molecular complexity index is 490. The summed E-state index contributed by atoms with van der Waals surface area (Å²) >= 11 is 0. The van der Waals surface area contributed by atoms with Crippen molar-refractivity contribution < 1.29 is 4.39 Å². The molecule has 1 saturated heterocycles. The van der Waals surface area contributed by atoms with Crippen molar-refractivity contribution in [3.63, 3.8) is 0 Å². The van der Waals surface area contributed by atoms with Gasteiger partial charge in [0.2, 0.25) is 5.95 Å². The van der Waals surface area contributed by atoms with Crippen molar-refractivity contribution in [2.24, 2.45) is 0 Å². The van der Waals surface area contributed by atoms with Gasteiger partial charge in [-0.05, 0) is 12.1 Å². The van der Waals surface area contributed by atoms with Gasteiger partial charge < -0.3 is 10.6 Å². The molecule has 0 saturated carbocycles. The van der Waals surface area contributed by atoms with E-state index in [4.69, 9.17) is 0 Å². The van der Waals surface area contributed by atoms with Crippen LogP contribution in [0.4, 0.5) is 10.3 Å². The molecule has 1 aliphatic heterocycles. The highest BCUT2D eigenvalue weighted by molar-refractivity contribution is 5.43. The van der Waals surface area contributed by atoms with Crippen LogP contribution >= 0.6 is 0 Å². The lowest BCUT2D eigenvalue weighted by Crippen LogP contribution is -2.51. The summed E-state index contributed by atoms with van der Waals surface area (Å²) in [5.41, 5.74) is 0.645. The SMILES string of the molecule is Fc1ccc2nc(NC3CNC3)nn2c1. The standard InChI is InChI=1S/C9H10FN5/c10-6-1-2-8-13-9(14-15(8)5-6)12-7-3-11-4-7/h1-2,5,7,11H,3-4H2,(H,12,14). The number of hydrogen-bond acceptors (Lipinski definition) is 4. The molecule has 78 valence electrons. The van der Waals surface area contributed by atoms with Crippen LogP contribution in [0.2, 0.25) is 0 Å². The zero-order valence-electron chi connectivity index (χ0n) is 7.94. The monoisotopic (exact) mass is 207 g/mol. The molecule has 15 heavy (non-hydrogen) atoms. The van der Waals surface area contributed by atoms with Crippen LogP contribution in [0, 0.1) is 5.82 Å². The van der Waals surface area contributed by atoms with Gasteiger partial charge in [0.15, 0.2) is 5.65 Å². The molecule has 0 aromatic carbocycles. The van der Waals surface area contributed by atoms with Crippen molar-refractivity contribution in [3.8, 4) is 0 Å². The maximum Gasteiger partial charge on any atom is 0.243 e. The van der Waals surface area contributed by atoms with Gasteiger partial charge in [-0.3, -0.25) is 0 Å². The molecule has 6 heteroatoms. The highest BCUT2D eigenvalue weighted by Gasteiger charge is 2.17. The molecule has 0 radical (unpaired) electrons. The Labute approximate surface area is 85.3 Å². The van der Waals surface area contributed by atoms with Gasteiger partial charge in [0.05, 0.1) is 12.2 Å².